The van der Waals surface area contributed by atoms with Crippen molar-refractivity contribution < 1.29 is 0 Å². The topological polar surface area (TPSA) is 70.4 Å². The van der Waals surface area contributed by atoms with Gasteiger partial charge in [0.2, 0.25) is 0 Å². The molecule has 0 radical (unpaired) electrons. The highest BCUT2D eigenvalue weighted by Gasteiger charge is 2.22. The molecule has 1 unspecified atom stereocenters. The molecule has 3 rings (SSSR count). The van der Waals surface area contributed by atoms with E-state index in [2.05, 4.69) is 50.4 Å². The zero-order valence-corrected chi connectivity index (χ0v) is 18.9. The minimum absolute atomic E-state index is 0.529. The molecule has 2 aromatic heterocycles. The number of rotatable bonds is 7. The lowest BCUT2D eigenvalue weighted by atomic mass is 10.0. The predicted octanol–water partition coefficient (Wildman–Crippen LogP) is 3.14. The summed E-state index contributed by atoms with van der Waals surface area (Å²) in [4.78, 5) is 15.9. The molecule has 1 aliphatic heterocycles. The fraction of sp³-hybridized carbons (Fsp3) is 0.609. The summed E-state index contributed by atoms with van der Waals surface area (Å²) in [5.74, 6) is 3.26. The van der Waals surface area contributed by atoms with E-state index in [1.807, 2.05) is 37.0 Å². The maximum atomic E-state index is 4.57. The minimum Gasteiger partial charge on any atom is -0.355 e. The van der Waals surface area contributed by atoms with Gasteiger partial charge in [-0.1, -0.05) is 32.8 Å². The SMILES string of the molecule is CN=C(NCc1ccc(-n2ccnc2C)nc1)NCC(C(C)C)N1CCCCCC1. The molecule has 0 saturated carbocycles. The van der Waals surface area contributed by atoms with Gasteiger partial charge in [0.05, 0.1) is 0 Å². The van der Waals surface area contributed by atoms with Crippen LogP contribution in [0.2, 0.25) is 0 Å². The van der Waals surface area contributed by atoms with E-state index < -0.39 is 0 Å². The number of imidazole rings is 1. The Balaban J connectivity index is 1.52. The zero-order valence-electron chi connectivity index (χ0n) is 18.9. The van der Waals surface area contributed by atoms with Gasteiger partial charge in [-0.3, -0.25) is 14.5 Å². The summed E-state index contributed by atoms with van der Waals surface area (Å²) < 4.78 is 1.98. The Labute approximate surface area is 181 Å². The van der Waals surface area contributed by atoms with Gasteiger partial charge in [0.15, 0.2) is 5.96 Å². The largest absolute Gasteiger partial charge is 0.355 e. The van der Waals surface area contributed by atoms with E-state index in [1.54, 1.807) is 6.20 Å². The maximum absolute atomic E-state index is 4.57. The summed E-state index contributed by atoms with van der Waals surface area (Å²) in [6.07, 6.45) is 11.0. The van der Waals surface area contributed by atoms with Crippen molar-refractivity contribution in [1.82, 2.24) is 30.1 Å². The molecule has 2 N–H and O–H groups in total. The summed E-state index contributed by atoms with van der Waals surface area (Å²) >= 11 is 0. The predicted molar refractivity (Wildman–Crippen MR) is 123 cm³/mol. The van der Waals surface area contributed by atoms with Crippen molar-refractivity contribution in [2.75, 3.05) is 26.7 Å². The molecule has 1 aliphatic rings. The lowest BCUT2D eigenvalue weighted by Gasteiger charge is -2.34. The molecule has 1 atom stereocenters. The van der Waals surface area contributed by atoms with Crippen LogP contribution in [0.4, 0.5) is 0 Å². The first-order valence-electron chi connectivity index (χ1n) is 11.2. The average Bonchev–Trinajstić information content (AvgIpc) is 3.00. The van der Waals surface area contributed by atoms with Gasteiger partial charge >= 0.3 is 0 Å². The zero-order chi connectivity index (χ0) is 21.3. The molecule has 7 heteroatoms. The van der Waals surface area contributed by atoms with E-state index in [4.69, 9.17) is 0 Å². The number of aliphatic imine (C=N–C) groups is 1. The highest BCUT2D eigenvalue weighted by molar-refractivity contribution is 5.79. The lowest BCUT2D eigenvalue weighted by Crippen LogP contribution is -2.49. The number of pyridine rings is 1. The molecule has 1 fully saturated rings. The Bertz CT molecular complexity index is 786. The third kappa shape index (κ3) is 6.05. The molecular formula is C23H37N7. The summed E-state index contributed by atoms with van der Waals surface area (Å²) in [6.45, 7) is 10.6. The van der Waals surface area contributed by atoms with E-state index in [9.17, 15) is 0 Å². The van der Waals surface area contributed by atoms with Crippen molar-refractivity contribution >= 4 is 5.96 Å². The molecule has 7 nitrogen and oxygen atoms in total. The second-order valence-corrected chi connectivity index (χ2v) is 8.44. The molecule has 2 aromatic rings. The van der Waals surface area contributed by atoms with E-state index in [0.29, 0.717) is 18.5 Å². The van der Waals surface area contributed by atoms with Crippen molar-refractivity contribution in [3.8, 4) is 5.82 Å². The quantitative estimate of drug-likeness (QED) is 0.541. The number of likely N-dealkylation sites (tertiary alicyclic amines) is 1. The number of aromatic nitrogens is 3. The van der Waals surface area contributed by atoms with Crippen LogP contribution >= 0.6 is 0 Å². The van der Waals surface area contributed by atoms with Crippen molar-refractivity contribution in [3.05, 3.63) is 42.1 Å². The fourth-order valence-corrected chi connectivity index (χ4v) is 4.10. The number of nitrogens with one attached hydrogen (secondary N) is 2. The Morgan fingerprint density at radius 2 is 1.87 bits per heavy atom. The van der Waals surface area contributed by atoms with Crippen LogP contribution in [-0.2, 0) is 6.54 Å². The van der Waals surface area contributed by atoms with Crippen LogP contribution in [-0.4, -0.2) is 58.1 Å². The van der Waals surface area contributed by atoms with Gasteiger partial charge in [-0.05, 0) is 50.4 Å². The summed E-state index contributed by atoms with van der Waals surface area (Å²) in [5.41, 5.74) is 1.12. The van der Waals surface area contributed by atoms with Crippen molar-refractivity contribution in [1.29, 1.82) is 0 Å². The van der Waals surface area contributed by atoms with Crippen LogP contribution in [0.3, 0.4) is 0 Å². The first kappa shape index (κ1) is 22.3. The second kappa shape index (κ2) is 11.1. The van der Waals surface area contributed by atoms with Gasteiger partial charge in [-0.15, -0.1) is 0 Å². The molecule has 0 bridgehead atoms. The molecule has 0 amide bonds. The standard InChI is InChI=1S/C23H37N7/c1-18(2)21(29-12-7-5-6-8-13-29)17-28-23(24-4)27-16-20-9-10-22(26-15-20)30-14-11-25-19(30)3/h9-11,14-15,18,21H,5-8,12-13,16-17H2,1-4H3,(H2,24,27,28). The molecule has 30 heavy (non-hydrogen) atoms. The van der Waals surface area contributed by atoms with Crippen LogP contribution in [0, 0.1) is 12.8 Å². The fourth-order valence-electron chi connectivity index (χ4n) is 4.10. The first-order valence-corrected chi connectivity index (χ1v) is 11.2. The number of hydrogen-bond acceptors (Lipinski definition) is 4. The molecule has 3 heterocycles. The van der Waals surface area contributed by atoms with E-state index in [-0.39, 0.29) is 0 Å². The normalized spacial score (nSPS) is 17.0. The molecule has 1 saturated heterocycles. The van der Waals surface area contributed by atoms with Crippen LogP contribution in [0.5, 0.6) is 0 Å². The van der Waals surface area contributed by atoms with Gasteiger partial charge < -0.3 is 10.6 Å². The molecular weight excluding hydrogens is 374 g/mol. The summed E-state index contributed by atoms with van der Waals surface area (Å²) in [5, 5.41) is 6.97. The third-order valence-corrected chi connectivity index (χ3v) is 5.92. The Hall–Kier alpha value is -2.41. The van der Waals surface area contributed by atoms with Gasteiger partial charge in [0.1, 0.15) is 11.6 Å². The van der Waals surface area contributed by atoms with Gasteiger partial charge in [-0.25, -0.2) is 9.97 Å². The highest BCUT2D eigenvalue weighted by atomic mass is 15.2. The van der Waals surface area contributed by atoms with E-state index in [1.165, 1.54) is 38.8 Å². The molecule has 0 spiro atoms. The average molecular weight is 412 g/mol. The monoisotopic (exact) mass is 411 g/mol. The van der Waals surface area contributed by atoms with E-state index in [0.717, 1.165) is 29.7 Å². The summed E-state index contributed by atoms with van der Waals surface area (Å²) in [6, 6.07) is 4.65. The van der Waals surface area contributed by atoms with Crippen molar-refractivity contribution in [2.45, 2.75) is 59.0 Å². The Morgan fingerprint density at radius 3 is 2.43 bits per heavy atom. The van der Waals surface area contributed by atoms with Gasteiger partial charge in [0, 0.05) is 44.8 Å². The molecule has 0 aliphatic carbocycles. The number of guanidine groups is 1. The van der Waals surface area contributed by atoms with Crippen LogP contribution in [0.25, 0.3) is 5.82 Å². The second-order valence-electron chi connectivity index (χ2n) is 8.44. The summed E-state index contributed by atoms with van der Waals surface area (Å²) in [7, 11) is 1.83. The number of nitrogens with zero attached hydrogens (tertiary/aromatic N) is 5. The number of hydrogen-bond donors (Lipinski definition) is 2. The number of aryl methyl sites for hydroxylation is 1. The maximum Gasteiger partial charge on any atom is 0.191 e. The third-order valence-electron chi connectivity index (χ3n) is 5.92. The van der Waals surface area contributed by atoms with Crippen molar-refractivity contribution in [2.24, 2.45) is 10.9 Å². The minimum atomic E-state index is 0.529. The van der Waals surface area contributed by atoms with Crippen molar-refractivity contribution in [3.63, 3.8) is 0 Å². The Morgan fingerprint density at radius 1 is 1.10 bits per heavy atom. The van der Waals surface area contributed by atoms with Gasteiger partial charge in [-0.2, -0.15) is 0 Å². The highest BCUT2D eigenvalue weighted by Crippen LogP contribution is 2.17. The Kier molecular flexibility index (Phi) is 8.25. The lowest BCUT2D eigenvalue weighted by molar-refractivity contribution is 0.161. The molecule has 0 aromatic carbocycles. The van der Waals surface area contributed by atoms with Crippen LogP contribution in [0.15, 0.2) is 35.7 Å². The van der Waals surface area contributed by atoms with Crippen LogP contribution in [0.1, 0.15) is 50.9 Å². The van der Waals surface area contributed by atoms with Crippen LogP contribution < -0.4 is 10.6 Å². The van der Waals surface area contributed by atoms with E-state index >= 15 is 0 Å². The molecule has 164 valence electrons. The smallest absolute Gasteiger partial charge is 0.191 e. The first-order chi connectivity index (χ1) is 14.6. The van der Waals surface area contributed by atoms with Gasteiger partial charge in [0.25, 0.3) is 0 Å².